The SMILES string of the molecule is CC=C(C)[SiH2]OC(CCCCI)(O[SiH3])O[SiH2]C(C)=CC. The van der Waals surface area contributed by atoms with Gasteiger partial charge in [-0.15, -0.1) is 0 Å². The Balaban J connectivity index is 4.67. The smallest absolute Gasteiger partial charge is 0.253 e. The summed E-state index contributed by atoms with van der Waals surface area (Å²) in [4.78, 5) is 0. The van der Waals surface area contributed by atoms with Crippen molar-refractivity contribution >= 4 is 52.6 Å². The lowest BCUT2D eigenvalue weighted by Crippen LogP contribution is -2.41. The quantitative estimate of drug-likeness (QED) is 0.159. The monoisotopic (exact) mass is 444 g/mol. The summed E-state index contributed by atoms with van der Waals surface area (Å²) in [5, 5.41) is 2.69. The van der Waals surface area contributed by atoms with Crippen LogP contribution in [0.2, 0.25) is 0 Å². The van der Waals surface area contributed by atoms with Crippen molar-refractivity contribution in [3.63, 3.8) is 0 Å². The lowest BCUT2D eigenvalue weighted by molar-refractivity contribution is -0.257. The predicted octanol–water partition coefficient (Wildman–Crippen LogP) is 1.59. The molecule has 7 heteroatoms. The average Bonchev–Trinajstić information content (AvgIpc) is 2.49. The maximum atomic E-state index is 6.14. The number of rotatable bonds is 11. The first-order chi connectivity index (χ1) is 9.53. The van der Waals surface area contributed by atoms with Gasteiger partial charge in [-0.1, -0.05) is 45.1 Å². The van der Waals surface area contributed by atoms with Crippen LogP contribution in [0.3, 0.4) is 0 Å². The van der Waals surface area contributed by atoms with Gasteiger partial charge in [0.15, 0.2) is 30.0 Å². The van der Waals surface area contributed by atoms with Gasteiger partial charge in [0.1, 0.15) is 0 Å². The van der Waals surface area contributed by atoms with Gasteiger partial charge in [0, 0.05) is 6.42 Å². The van der Waals surface area contributed by atoms with Crippen molar-refractivity contribution in [1.29, 1.82) is 0 Å². The number of alkyl halides is 1. The zero-order valence-electron chi connectivity index (χ0n) is 13.5. The highest BCUT2D eigenvalue weighted by Crippen LogP contribution is 2.23. The normalized spacial score (nSPS) is 17.6. The number of unbranched alkanes of at least 4 members (excludes halogenated alkanes) is 1. The van der Waals surface area contributed by atoms with E-state index in [1.54, 1.807) is 0 Å². The van der Waals surface area contributed by atoms with E-state index >= 15 is 0 Å². The highest BCUT2D eigenvalue weighted by atomic mass is 127. The van der Waals surface area contributed by atoms with Gasteiger partial charge in [-0.05, 0) is 45.0 Å². The maximum absolute atomic E-state index is 6.14. The van der Waals surface area contributed by atoms with E-state index in [1.807, 2.05) is 0 Å². The fourth-order valence-electron chi connectivity index (χ4n) is 1.46. The highest BCUT2D eigenvalue weighted by Gasteiger charge is 2.30. The second-order valence-corrected chi connectivity index (χ2v) is 9.75. The van der Waals surface area contributed by atoms with Gasteiger partial charge in [-0.25, -0.2) is 0 Å². The molecule has 0 fully saturated rings. The van der Waals surface area contributed by atoms with E-state index in [-0.39, 0.29) is 0 Å². The van der Waals surface area contributed by atoms with Gasteiger partial charge in [0.05, 0.1) is 0 Å². The molecule has 0 aromatic rings. The van der Waals surface area contributed by atoms with E-state index < -0.39 is 25.5 Å². The molecule has 3 nitrogen and oxygen atoms in total. The molecule has 0 aliphatic rings. The summed E-state index contributed by atoms with van der Waals surface area (Å²) in [5.74, 6) is -0.745. The molecule has 0 rings (SSSR count). The Bertz CT molecular complexity index is 300. The van der Waals surface area contributed by atoms with Crippen LogP contribution in [0.4, 0.5) is 0 Å². The third-order valence-electron chi connectivity index (χ3n) is 3.20. The van der Waals surface area contributed by atoms with E-state index in [1.165, 1.54) is 21.2 Å². The molecule has 0 bridgehead atoms. The first kappa shape index (κ1) is 20.7. The predicted molar refractivity (Wildman–Crippen MR) is 105 cm³/mol. The second kappa shape index (κ2) is 12.3. The van der Waals surface area contributed by atoms with Crippen molar-refractivity contribution in [3.05, 3.63) is 22.5 Å². The van der Waals surface area contributed by atoms with Gasteiger partial charge in [-0.3, -0.25) is 0 Å². The molecular formula is C13H29IO3Si3. The first-order valence-electron chi connectivity index (χ1n) is 7.16. The fraction of sp³-hybridized carbons (Fsp3) is 0.692. The van der Waals surface area contributed by atoms with Gasteiger partial charge >= 0.3 is 0 Å². The number of hydrogen-bond acceptors (Lipinski definition) is 3. The van der Waals surface area contributed by atoms with Crippen LogP contribution >= 0.6 is 22.6 Å². The molecule has 0 N–H and O–H groups in total. The van der Waals surface area contributed by atoms with E-state index in [4.69, 9.17) is 13.3 Å². The van der Waals surface area contributed by atoms with Crippen LogP contribution in [0, 0.1) is 0 Å². The zero-order valence-corrected chi connectivity index (χ0v) is 20.5. The van der Waals surface area contributed by atoms with Crippen LogP contribution in [-0.2, 0) is 13.3 Å². The molecule has 0 unspecified atom stereocenters. The third kappa shape index (κ3) is 8.90. The molecule has 0 heterocycles. The molecule has 0 radical (unpaired) electrons. The molecular weight excluding hydrogens is 415 g/mol. The molecule has 0 spiro atoms. The van der Waals surface area contributed by atoms with Crippen LogP contribution in [0.15, 0.2) is 22.5 Å². The van der Waals surface area contributed by atoms with E-state index in [0.717, 1.165) is 12.8 Å². The Labute approximate surface area is 145 Å². The Morgan fingerprint density at radius 2 is 1.60 bits per heavy atom. The molecule has 0 saturated carbocycles. The summed E-state index contributed by atoms with van der Waals surface area (Å²) in [6, 6.07) is 0. The molecule has 0 saturated heterocycles. The largest absolute Gasteiger partial charge is 0.382 e. The zero-order chi connectivity index (χ0) is 15.4. The van der Waals surface area contributed by atoms with Crippen molar-refractivity contribution in [2.45, 2.75) is 52.9 Å². The highest BCUT2D eigenvalue weighted by molar-refractivity contribution is 14.1. The molecule has 0 atom stereocenters. The molecule has 118 valence electrons. The van der Waals surface area contributed by atoms with Crippen molar-refractivity contribution < 1.29 is 13.3 Å². The van der Waals surface area contributed by atoms with Gasteiger partial charge in [0.2, 0.25) is 0 Å². The van der Waals surface area contributed by atoms with Crippen molar-refractivity contribution in [3.8, 4) is 0 Å². The second-order valence-electron chi connectivity index (χ2n) is 4.88. The third-order valence-corrected chi connectivity index (χ3v) is 7.48. The fourth-order valence-corrected chi connectivity index (χ4v) is 4.99. The Morgan fingerprint density at radius 3 is 1.95 bits per heavy atom. The van der Waals surface area contributed by atoms with E-state index in [0.29, 0.717) is 10.5 Å². The van der Waals surface area contributed by atoms with E-state index in [2.05, 4.69) is 62.4 Å². The van der Waals surface area contributed by atoms with Crippen LogP contribution in [-0.4, -0.2) is 40.4 Å². The lowest BCUT2D eigenvalue weighted by atomic mass is 10.2. The standard InChI is InChI=1S/C13H29IO3Si3/c1-5-11(3)19-16-13(15-18,9-7-8-10-14)17-20-12(4)6-2/h5-6H,7-10,19-20H2,1-4,18H3. The summed E-state index contributed by atoms with van der Waals surface area (Å²) in [6.45, 7) is 8.38. The summed E-state index contributed by atoms with van der Waals surface area (Å²) < 4.78 is 19.2. The molecule has 0 aliphatic heterocycles. The van der Waals surface area contributed by atoms with Gasteiger partial charge in [0.25, 0.3) is 5.97 Å². The first-order valence-corrected chi connectivity index (χ1v) is 12.1. The Morgan fingerprint density at radius 1 is 1.10 bits per heavy atom. The van der Waals surface area contributed by atoms with Gasteiger partial charge in [-0.2, -0.15) is 0 Å². The lowest BCUT2D eigenvalue weighted by Gasteiger charge is -2.34. The summed E-state index contributed by atoms with van der Waals surface area (Å²) in [5.41, 5.74) is 0. The van der Waals surface area contributed by atoms with Crippen molar-refractivity contribution in [2.75, 3.05) is 4.43 Å². The maximum Gasteiger partial charge on any atom is 0.253 e. The van der Waals surface area contributed by atoms with Crippen LogP contribution < -0.4 is 0 Å². The molecule has 0 aromatic carbocycles. The summed E-state index contributed by atoms with van der Waals surface area (Å²) >= 11 is 2.41. The number of halogens is 1. The molecule has 0 aliphatic carbocycles. The van der Waals surface area contributed by atoms with Gasteiger partial charge < -0.3 is 13.3 Å². The Hall–Kier alpha value is 0.741. The summed E-state index contributed by atoms with van der Waals surface area (Å²) in [7, 11) is -0.820. The number of allylic oxidation sites excluding steroid dienone is 4. The van der Waals surface area contributed by atoms with Crippen molar-refractivity contribution in [2.24, 2.45) is 0 Å². The average molecular weight is 445 g/mol. The number of hydrogen-bond donors (Lipinski definition) is 0. The van der Waals surface area contributed by atoms with Crippen LogP contribution in [0.25, 0.3) is 0 Å². The van der Waals surface area contributed by atoms with Crippen molar-refractivity contribution in [1.82, 2.24) is 0 Å². The minimum absolute atomic E-state index is 0.641. The van der Waals surface area contributed by atoms with E-state index in [9.17, 15) is 0 Å². The molecule has 0 amide bonds. The minimum atomic E-state index is -0.745. The Kier molecular flexibility index (Phi) is 12.8. The minimum Gasteiger partial charge on any atom is -0.382 e. The molecule has 0 aromatic heterocycles. The van der Waals surface area contributed by atoms with Crippen LogP contribution in [0.5, 0.6) is 0 Å². The summed E-state index contributed by atoms with van der Waals surface area (Å²) in [6.07, 6.45) is 7.40. The van der Waals surface area contributed by atoms with Crippen LogP contribution in [0.1, 0.15) is 47.0 Å². The topological polar surface area (TPSA) is 27.7 Å². The molecule has 20 heavy (non-hydrogen) atoms.